The number of halogens is 2. The molecule has 14 heavy (non-hydrogen) atoms. The van der Waals surface area contributed by atoms with Gasteiger partial charge in [-0.15, -0.1) is 0 Å². The summed E-state index contributed by atoms with van der Waals surface area (Å²) in [5.41, 5.74) is 6.12. The normalized spacial score (nSPS) is 12.5. The van der Waals surface area contributed by atoms with Crippen LogP contribution in [0.1, 0.15) is 12.5 Å². The Morgan fingerprint density at radius 3 is 2.57 bits per heavy atom. The lowest BCUT2D eigenvalue weighted by Gasteiger charge is -2.07. The fraction of sp³-hybridized carbons (Fsp3) is 0.300. The lowest BCUT2D eigenvalue weighted by Crippen LogP contribution is -2.22. The van der Waals surface area contributed by atoms with Gasteiger partial charge >= 0.3 is 0 Å². The number of carbonyl (C=O) groups excluding carboxylic acids is 1. The van der Waals surface area contributed by atoms with E-state index in [4.69, 9.17) is 28.9 Å². The van der Waals surface area contributed by atoms with Crippen molar-refractivity contribution in [3.63, 3.8) is 0 Å². The second-order valence-electron chi connectivity index (χ2n) is 3.26. The van der Waals surface area contributed by atoms with Crippen molar-refractivity contribution in [3.8, 4) is 0 Å². The van der Waals surface area contributed by atoms with Gasteiger partial charge in [0.05, 0.1) is 10.0 Å². The SMILES string of the molecule is C[C@H](Cc1ccc(Cl)c(Cl)c1)C(N)=O. The molecule has 1 aromatic carbocycles. The van der Waals surface area contributed by atoms with Gasteiger partial charge in [0, 0.05) is 5.92 Å². The van der Waals surface area contributed by atoms with E-state index in [9.17, 15) is 4.79 Å². The standard InChI is InChI=1S/C10H11Cl2NO/c1-6(10(13)14)4-7-2-3-8(11)9(12)5-7/h2-3,5-6H,4H2,1H3,(H2,13,14)/t6-/m1/s1. The molecular formula is C10H11Cl2NO. The highest BCUT2D eigenvalue weighted by atomic mass is 35.5. The van der Waals surface area contributed by atoms with Crippen LogP contribution in [0.4, 0.5) is 0 Å². The van der Waals surface area contributed by atoms with Crippen molar-refractivity contribution in [1.82, 2.24) is 0 Å². The molecular weight excluding hydrogens is 221 g/mol. The molecule has 0 bridgehead atoms. The van der Waals surface area contributed by atoms with Gasteiger partial charge in [0.1, 0.15) is 0 Å². The molecule has 76 valence electrons. The van der Waals surface area contributed by atoms with E-state index in [1.54, 1.807) is 19.1 Å². The minimum Gasteiger partial charge on any atom is -0.369 e. The first-order valence-corrected chi connectivity index (χ1v) is 4.99. The molecule has 1 aromatic rings. The average molecular weight is 232 g/mol. The Morgan fingerprint density at radius 2 is 2.07 bits per heavy atom. The van der Waals surface area contributed by atoms with Crippen LogP contribution in [0.15, 0.2) is 18.2 Å². The Bertz CT molecular complexity index is 352. The summed E-state index contributed by atoms with van der Waals surface area (Å²) < 4.78 is 0. The lowest BCUT2D eigenvalue weighted by atomic mass is 10.0. The zero-order valence-electron chi connectivity index (χ0n) is 7.76. The van der Waals surface area contributed by atoms with Gasteiger partial charge in [-0.1, -0.05) is 36.2 Å². The molecule has 0 aliphatic rings. The fourth-order valence-electron chi connectivity index (χ4n) is 1.12. The Morgan fingerprint density at radius 1 is 1.43 bits per heavy atom. The van der Waals surface area contributed by atoms with Crippen molar-refractivity contribution in [2.45, 2.75) is 13.3 Å². The number of nitrogens with two attached hydrogens (primary N) is 1. The van der Waals surface area contributed by atoms with Crippen LogP contribution in [-0.4, -0.2) is 5.91 Å². The number of carbonyl (C=O) groups is 1. The van der Waals surface area contributed by atoms with Crippen LogP contribution >= 0.6 is 23.2 Å². The third-order valence-electron chi connectivity index (χ3n) is 2.01. The quantitative estimate of drug-likeness (QED) is 0.855. The Hall–Kier alpha value is -0.730. The summed E-state index contributed by atoms with van der Waals surface area (Å²) in [6.45, 7) is 1.78. The number of primary amides is 1. The summed E-state index contributed by atoms with van der Waals surface area (Å²) in [5, 5.41) is 1.02. The first-order valence-electron chi connectivity index (χ1n) is 4.24. The third-order valence-corrected chi connectivity index (χ3v) is 2.75. The van der Waals surface area contributed by atoms with Gasteiger partial charge in [-0.3, -0.25) is 4.79 Å². The molecule has 0 heterocycles. The van der Waals surface area contributed by atoms with Crippen molar-refractivity contribution in [2.75, 3.05) is 0 Å². The van der Waals surface area contributed by atoms with E-state index in [1.165, 1.54) is 0 Å². The molecule has 0 aromatic heterocycles. The molecule has 0 saturated carbocycles. The zero-order valence-corrected chi connectivity index (χ0v) is 9.27. The van der Waals surface area contributed by atoms with Crippen LogP contribution in [0.2, 0.25) is 10.0 Å². The van der Waals surface area contributed by atoms with E-state index in [-0.39, 0.29) is 11.8 Å². The molecule has 4 heteroatoms. The van der Waals surface area contributed by atoms with Crippen molar-refractivity contribution >= 4 is 29.1 Å². The number of hydrogen-bond donors (Lipinski definition) is 1. The fourth-order valence-corrected chi connectivity index (χ4v) is 1.44. The highest BCUT2D eigenvalue weighted by molar-refractivity contribution is 6.42. The van der Waals surface area contributed by atoms with E-state index in [2.05, 4.69) is 0 Å². The maximum Gasteiger partial charge on any atom is 0.220 e. The lowest BCUT2D eigenvalue weighted by molar-refractivity contribution is -0.121. The molecule has 0 unspecified atom stereocenters. The largest absolute Gasteiger partial charge is 0.369 e. The van der Waals surface area contributed by atoms with Crippen LogP contribution in [-0.2, 0) is 11.2 Å². The van der Waals surface area contributed by atoms with Crippen LogP contribution in [0, 0.1) is 5.92 Å². The summed E-state index contributed by atoms with van der Waals surface area (Å²) in [4.78, 5) is 10.8. The second-order valence-corrected chi connectivity index (χ2v) is 4.07. The van der Waals surface area contributed by atoms with Gasteiger partial charge in [0.15, 0.2) is 0 Å². The van der Waals surface area contributed by atoms with Gasteiger partial charge in [-0.25, -0.2) is 0 Å². The molecule has 0 aliphatic carbocycles. The topological polar surface area (TPSA) is 43.1 Å². The molecule has 2 nitrogen and oxygen atoms in total. The molecule has 1 amide bonds. The predicted octanol–water partition coefficient (Wildman–Crippen LogP) is 2.66. The minimum atomic E-state index is -0.309. The van der Waals surface area contributed by atoms with Gasteiger partial charge in [0.2, 0.25) is 5.91 Å². The van der Waals surface area contributed by atoms with Crippen molar-refractivity contribution in [2.24, 2.45) is 11.7 Å². The van der Waals surface area contributed by atoms with Crippen LogP contribution in [0.3, 0.4) is 0 Å². The summed E-state index contributed by atoms with van der Waals surface area (Å²) in [6, 6.07) is 5.31. The average Bonchev–Trinajstić information content (AvgIpc) is 2.11. The van der Waals surface area contributed by atoms with Crippen molar-refractivity contribution in [3.05, 3.63) is 33.8 Å². The van der Waals surface area contributed by atoms with E-state index >= 15 is 0 Å². The van der Waals surface area contributed by atoms with E-state index < -0.39 is 0 Å². The van der Waals surface area contributed by atoms with E-state index in [1.807, 2.05) is 6.07 Å². The van der Waals surface area contributed by atoms with Gasteiger partial charge in [0.25, 0.3) is 0 Å². The molecule has 0 radical (unpaired) electrons. The monoisotopic (exact) mass is 231 g/mol. The molecule has 0 aliphatic heterocycles. The van der Waals surface area contributed by atoms with Crippen molar-refractivity contribution < 1.29 is 4.79 Å². The number of rotatable bonds is 3. The highest BCUT2D eigenvalue weighted by Gasteiger charge is 2.10. The van der Waals surface area contributed by atoms with Crippen molar-refractivity contribution in [1.29, 1.82) is 0 Å². The smallest absolute Gasteiger partial charge is 0.220 e. The number of amides is 1. The second kappa shape index (κ2) is 4.67. The number of hydrogen-bond acceptors (Lipinski definition) is 1. The zero-order chi connectivity index (χ0) is 10.7. The maximum absolute atomic E-state index is 10.8. The first kappa shape index (κ1) is 11.3. The first-order chi connectivity index (χ1) is 6.50. The third kappa shape index (κ3) is 2.89. The van der Waals surface area contributed by atoms with Crippen LogP contribution in [0.25, 0.3) is 0 Å². The molecule has 1 rings (SSSR count). The molecule has 0 fully saturated rings. The summed E-state index contributed by atoms with van der Waals surface area (Å²) >= 11 is 11.6. The molecule has 1 atom stereocenters. The minimum absolute atomic E-state index is 0.188. The van der Waals surface area contributed by atoms with Gasteiger partial charge in [-0.05, 0) is 24.1 Å². The summed E-state index contributed by atoms with van der Waals surface area (Å²) in [5.74, 6) is -0.497. The molecule has 2 N–H and O–H groups in total. The van der Waals surface area contributed by atoms with Crippen LogP contribution < -0.4 is 5.73 Å². The Kier molecular flexibility index (Phi) is 3.78. The highest BCUT2D eigenvalue weighted by Crippen LogP contribution is 2.23. The maximum atomic E-state index is 10.8. The van der Waals surface area contributed by atoms with E-state index in [0.717, 1.165) is 5.56 Å². The predicted molar refractivity (Wildman–Crippen MR) is 58.5 cm³/mol. The van der Waals surface area contributed by atoms with E-state index in [0.29, 0.717) is 16.5 Å². The van der Waals surface area contributed by atoms with Crippen LogP contribution in [0.5, 0.6) is 0 Å². The van der Waals surface area contributed by atoms with Gasteiger partial charge < -0.3 is 5.73 Å². The Balaban J connectivity index is 2.78. The summed E-state index contributed by atoms with van der Waals surface area (Å²) in [7, 11) is 0. The summed E-state index contributed by atoms with van der Waals surface area (Å²) in [6.07, 6.45) is 0.590. The Labute approximate surface area is 93.0 Å². The van der Waals surface area contributed by atoms with Gasteiger partial charge in [-0.2, -0.15) is 0 Å². The molecule has 0 spiro atoms. The number of benzene rings is 1. The molecule has 0 saturated heterocycles.